The molecule has 0 bridgehead atoms. The van der Waals surface area contributed by atoms with E-state index in [0.29, 0.717) is 21.3 Å². The van der Waals surface area contributed by atoms with E-state index in [9.17, 15) is 19.1 Å². The summed E-state index contributed by atoms with van der Waals surface area (Å²) in [6.07, 6.45) is 0. The summed E-state index contributed by atoms with van der Waals surface area (Å²) in [6, 6.07) is 16.3. The Balaban J connectivity index is 1.76. The van der Waals surface area contributed by atoms with E-state index in [0.717, 1.165) is 26.0 Å². The highest BCUT2D eigenvalue weighted by atomic mass is 127. The average Bonchev–Trinajstić information content (AvgIpc) is 3.33. The third-order valence-electron chi connectivity index (χ3n) is 5.82. The molecule has 1 aromatic heterocycles. The van der Waals surface area contributed by atoms with E-state index in [4.69, 9.17) is 0 Å². The van der Waals surface area contributed by atoms with Gasteiger partial charge < -0.3 is 5.11 Å². The number of thiazole rings is 1. The molecule has 1 N–H and O–H groups in total. The van der Waals surface area contributed by atoms with Gasteiger partial charge in [-0.2, -0.15) is 0 Å². The van der Waals surface area contributed by atoms with Crippen molar-refractivity contribution in [3.63, 3.8) is 0 Å². The third kappa shape index (κ3) is 3.80. The van der Waals surface area contributed by atoms with Crippen molar-refractivity contribution < 1.29 is 19.1 Å². The number of halogens is 2. The van der Waals surface area contributed by atoms with Crippen LogP contribution in [0, 0.1) is 23.2 Å². The smallest absolute Gasteiger partial charge is 0.301 e. The highest BCUT2D eigenvalue weighted by Gasteiger charge is 2.48. The van der Waals surface area contributed by atoms with Crippen LogP contribution >= 0.6 is 33.9 Å². The molecule has 0 saturated carbocycles. The van der Waals surface area contributed by atoms with Gasteiger partial charge in [-0.15, -0.1) is 0 Å². The van der Waals surface area contributed by atoms with Crippen LogP contribution in [0.2, 0.25) is 0 Å². The molecule has 170 valence electrons. The second-order valence-electron chi connectivity index (χ2n) is 8.15. The highest BCUT2D eigenvalue weighted by molar-refractivity contribution is 14.1. The first-order chi connectivity index (χ1) is 16.2. The monoisotopic (exact) mass is 584 g/mol. The van der Waals surface area contributed by atoms with Crippen LogP contribution in [-0.4, -0.2) is 21.8 Å². The highest BCUT2D eigenvalue weighted by Crippen LogP contribution is 2.44. The van der Waals surface area contributed by atoms with Crippen LogP contribution in [0.1, 0.15) is 28.3 Å². The van der Waals surface area contributed by atoms with Gasteiger partial charge in [-0.3, -0.25) is 14.5 Å². The van der Waals surface area contributed by atoms with E-state index in [1.165, 1.54) is 23.1 Å². The van der Waals surface area contributed by atoms with Gasteiger partial charge in [-0.1, -0.05) is 41.2 Å². The summed E-state index contributed by atoms with van der Waals surface area (Å²) in [5.41, 5.74) is 3.40. The normalized spacial score (nSPS) is 17.6. The van der Waals surface area contributed by atoms with E-state index in [2.05, 4.69) is 27.6 Å². The molecule has 1 atom stereocenters. The molecule has 5 nitrogen and oxygen atoms in total. The number of amides is 1. The zero-order valence-electron chi connectivity index (χ0n) is 18.2. The van der Waals surface area contributed by atoms with Gasteiger partial charge >= 0.3 is 5.91 Å². The molecule has 0 aliphatic carbocycles. The number of rotatable bonds is 3. The Morgan fingerprint density at radius 2 is 1.79 bits per heavy atom. The Kier molecular flexibility index (Phi) is 5.73. The average molecular weight is 584 g/mol. The number of carbonyl (C=O) groups excluding carboxylic acids is 2. The lowest BCUT2D eigenvalue weighted by atomic mass is 9.93. The molecule has 34 heavy (non-hydrogen) atoms. The lowest BCUT2D eigenvalue weighted by molar-refractivity contribution is -0.132. The fourth-order valence-electron chi connectivity index (χ4n) is 4.12. The number of fused-ring (bicyclic) bond motifs is 1. The fourth-order valence-corrected chi connectivity index (χ4v) is 5.49. The van der Waals surface area contributed by atoms with Crippen LogP contribution < -0.4 is 4.90 Å². The number of aliphatic hydroxyl groups is 1. The minimum absolute atomic E-state index is 0.00495. The van der Waals surface area contributed by atoms with Gasteiger partial charge in [-0.05, 0) is 84.0 Å². The molecule has 8 heteroatoms. The predicted octanol–water partition coefficient (Wildman–Crippen LogP) is 6.28. The quantitative estimate of drug-likeness (QED) is 0.133. The molecule has 0 radical (unpaired) electrons. The minimum atomic E-state index is -0.873. The number of aromatic nitrogens is 1. The van der Waals surface area contributed by atoms with Crippen molar-refractivity contribution in [1.82, 2.24) is 4.98 Å². The zero-order valence-corrected chi connectivity index (χ0v) is 21.1. The first-order valence-electron chi connectivity index (χ1n) is 10.4. The Morgan fingerprint density at radius 1 is 1.06 bits per heavy atom. The Hall–Kier alpha value is -3.11. The summed E-state index contributed by atoms with van der Waals surface area (Å²) in [4.78, 5) is 32.5. The maximum Gasteiger partial charge on any atom is 0.301 e. The maximum atomic E-state index is 13.8. The van der Waals surface area contributed by atoms with Gasteiger partial charge in [0.15, 0.2) is 5.13 Å². The SMILES string of the molecule is Cc1ccc(C)c(C(O)=C2C(=O)C(=O)N(c3nc4ccc(F)cc4s3)C2c2ccc(I)cc2)c1. The van der Waals surface area contributed by atoms with Gasteiger partial charge in [-0.25, -0.2) is 9.37 Å². The number of aliphatic hydroxyl groups excluding tert-OH is 1. The second-order valence-corrected chi connectivity index (χ2v) is 10.4. The molecule has 2 heterocycles. The van der Waals surface area contributed by atoms with E-state index < -0.39 is 23.5 Å². The van der Waals surface area contributed by atoms with Crippen molar-refractivity contribution in [2.24, 2.45) is 0 Å². The summed E-state index contributed by atoms with van der Waals surface area (Å²) in [5, 5.41) is 11.6. The first kappa shape index (κ1) is 22.7. The van der Waals surface area contributed by atoms with Crippen molar-refractivity contribution in [3.05, 3.63) is 97.9 Å². The summed E-state index contributed by atoms with van der Waals surface area (Å²) in [7, 11) is 0. The molecular weight excluding hydrogens is 566 g/mol. The third-order valence-corrected chi connectivity index (χ3v) is 7.56. The number of aryl methyl sites for hydroxylation is 2. The lowest BCUT2D eigenvalue weighted by Gasteiger charge is -2.23. The molecule has 1 amide bonds. The number of hydrogen-bond acceptors (Lipinski definition) is 5. The predicted molar refractivity (Wildman–Crippen MR) is 139 cm³/mol. The molecule has 1 saturated heterocycles. The number of anilines is 1. The van der Waals surface area contributed by atoms with Crippen LogP contribution in [0.5, 0.6) is 0 Å². The van der Waals surface area contributed by atoms with Crippen molar-refractivity contribution in [2.75, 3.05) is 4.90 Å². The summed E-state index contributed by atoms with van der Waals surface area (Å²) in [5.74, 6) is -2.20. The summed E-state index contributed by atoms with van der Waals surface area (Å²) >= 11 is 3.31. The number of hydrogen-bond donors (Lipinski definition) is 1. The topological polar surface area (TPSA) is 70.5 Å². The zero-order chi connectivity index (χ0) is 24.1. The van der Waals surface area contributed by atoms with E-state index in [-0.39, 0.29) is 16.5 Å². The van der Waals surface area contributed by atoms with Crippen molar-refractivity contribution in [3.8, 4) is 0 Å². The maximum absolute atomic E-state index is 13.8. The Labute approximate surface area is 212 Å². The van der Waals surface area contributed by atoms with Crippen LogP contribution in [0.4, 0.5) is 9.52 Å². The molecule has 0 spiro atoms. The molecular formula is C26H18FIN2O3S. The Bertz CT molecular complexity index is 1510. The molecule has 3 aromatic carbocycles. The van der Waals surface area contributed by atoms with Crippen molar-refractivity contribution in [1.29, 1.82) is 0 Å². The number of carbonyl (C=O) groups is 2. The molecule has 5 rings (SSSR count). The lowest BCUT2D eigenvalue weighted by Crippen LogP contribution is -2.29. The fraction of sp³-hybridized carbons (Fsp3) is 0.115. The van der Waals surface area contributed by atoms with Crippen LogP contribution in [0.3, 0.4) is 0 Å². The molecule has 4 aromatic rings. The van der Waals surface area contributed by atoms with Gasteiger partial charge in [0.2, 0.25) is 0 Å². The number of benzene rings is 3. The van der Waals surface area contributed by atoms with Crippen LogP contribution in [0.25, 0.3) is 16.0 Å². The van der Waals surface area contributed by atoms with Crippen LogP contribution in [-0.2, 0) is 9.59 Å². The summed E-state index contributed by atoms with van der Waals surface area (Å²) in [6.45, 7) is 3.73. The Morgan fingerprint density at radius 3 is 2.53 bits per heavy atom. The van der Waals surface area contributed by atoms with E-state index in [1.807, 2.05) is 50.2 Å². The second kappa shape index (κ2) is 8.59. The number of Topliss-reactive ketones (excluding diaryl/α,β-unsaturated/α-hetero) is 1. The number of nitrogens with zero attached hydrogens (tertiary/aromatic N) is 2. The van der Waals surface area contributed by atoms with Crippen molar-refractivity contribution in [2.45, 2.75) is 19.9 Å². The van der Waals surface area contributed by atoms with Gasteiger partial charge in [0.05, 0.1) is 21.8 Å². The van der Waals surface area contributed by atoms with E-state index >= 15 is 0 Å². The molecule has 1 unspecified atom stereocenters. The van der Waals surface area contributed by atoms with Crippen LogP contribution in [0.15, 0.2) is 66.2 Å². The van der Waals surface area contributed by atoms with Gasteiger partial charge in [0, 0.05) is 9.13 Å². The minimum Gasteiger partial charge on any atom is -0.507 e. The molecule has 1 aliphatic rings. The van der Waals surface area contributed by atoms with Gasteiger partial charge in [0.25, 0.3) is 5.78 Å². The van der Waals surface area contributed by atoms with Gasteiger partial charge in [0.1, 0.15) is 11.6 Å². The largest absolute Gasteiger partial charge is 0.507 e. The van der Waals surface area contributed by atoms with Crippen molar-refractivity contribution >= 4 is 66.7 Å². The number of ketones is 1. The standard InChI is InChI=1S/C26H18FIN2O3S/c1-13-3-4-14(2)18(11-13)23(31)21-22(15-5-8-17(28)9-6-15)30(25(33)24(21)32)26-29-19-10-7-16(27)12-20(19)34-26/h3-12,22,31H,1-2H3. The first-order valence-corrected chi connectivity index (χ1v) is 12.3. The van der Waals surface area contributed by atoms with E-state index in [1.54, 1.807) is 6.07 Å². The molecule has 1 fully saturated rings. The molecule has 1 aliphatic heterocycles. The summed E-state index contributed by atoms with van der Waals surface area (Å²) < 4.78 is 15.3.